The molecule has 0 radical (unpaired) electrons. The van der Waals surface area contributed by atoms with Gasteiger partial charge in [-0.15, -0.1) is 0 Å². The molecule has 0 aliphatic carbocycles. The molecule has 0 unspecified atom stereocenters. The van der Waals surface area contributed by atoms with Gasteiger partial charge < -0.3 is 10.6 Å². The average molecular weight is 422 g/mol. The number of amides is 2. The number of carbonyl (C=O) groups is 2. The zero-order chi connectivity index (χ0) is 22.9. The maximum Gasteiger partial charge on any atom is 0.405 e. The summed E-state index contributed by atoms with van der Waals surface area (Å²) in [6, 6.07) is 14.2. The molecule has 164 valence electrons. The van der Waals surface area contributed by atoms with E-state index in [9.17, 15) is 22.8 Å². The van der Waals surface area contributed by atoms with Gasteiger partial charge in [0.05, 0.1) is 0 Å². The molecule has 0 fully saturated rings. The van der Waals surface area contributed by atoms with E-state index in [2.05, 4.69) is 19.2 Å². The van der Waals surface area contributed by atoms with E-state index < -0.39 is 18.6 Å². The summed E-state index contributed by atoms with van der Waals surface area (Å²) in [7, 11) is 1.64. The molecule has 0 saturated carbocycles. The maximum absolute atomic E-state index is 11.9. The lowest BCUT2D eigenvalue weighted by molar-refractivity contribution is -0.123. The predicted octanol–water partition coefficient (Wildman–Crippen LogP) is 5.27. The third kappa shape index (κ3) is 8.68. The van der Waals surface area contributed by atoms with Gasteiger partial charge in [0.2, 0.25) is 0 Å². The smallest absolute Gasteiger partial charge is 0.355 e. The average Bonchev–Trinajstić information content (AvgIpc) is 2.71. The highest BCUT2D eigenvalue weighted by molar-refractivity contribution is 5.94. The minimum absolute atomic E-state index is 0.0321. The molecule has 2 amide bonds. The second kappa shape index (κ2) is 11.4. The van der Waals surface area contributed by atoms with Crippen molar-refractivity contribution in [3.05, 3.63) is 70.8 Å². The number of hydrogen-bond donors (Lipinski definition) is 2. The van der Waals surface area contributed by atoms with Crippen molar-refractivity contribution < 1.29 is 22.8 Å². The van der Waals surface area contributed by atoms with Gasteiger partial charge in [-0.05, 0) is 47.2 Å². The van der Waals surface area contributed by atoms with Crippen molar-refractivity contribution in [1.82, 2.24) is 10.6 Å². The fraction of sp³-hybridized carbons (Fsp3) is 0.391. The SMILES string of the molecule is CC(C)c1ccc(C(=O)NCC(F)(F)F)cc1.CNC(=O)c1ccc(C(C)C)cc1. The van der Waals surface area contributed by atoms with Crippen LogP contribution in [0.4, 0.5) is 13.2 Å². The first-order valence-corrected chi connectivity index (χ1v) is 9.71. The first-order chi connectivity index (χ1) is 13.9. The zero-order valence-corrected chi connectivity index (χ0v) is 17.9. The second-order valence-electron chi connectivity index (χ2n) is 7.43. The van der Waals surface area contributed by atoms with Gasteiger partial charge in [-0.25, -0.2) is 0 Å². The van der Waals surface area contributed by atoms with Crippen LogP contribution in [0.25, 0.3) is 0 Å². The van der Waals surface area contributed by atoms with E-state index in [4.69, 9.17) is 0 Å². The molecule has 0 aliphatic rings. The maximum atomic E-state index is 11.9. The van der Waals surface area contributed by atoms with E-state index in [1.54, 1.807) is 19.2 Å². The Hall–Kier alpha value is -2.83. The minimum Gasteiger partial charge on any atom is -0.355 e. The fourth-order valence-electron chi connectivity index (χ4n) is 2.47. The van der Waals surface area contributed by atoms with E-state index in [-0.39, 0.29) is 11.5 Å². The number of halogens is 3. The molecule has 30 heavy (non-hydrogen) atoms. The molecule has 0 bridgehead atoms. The summed E-state index contributed by atoms with van der Waals surface area (Å²) in [5.41, 5.74) is 3.25. The monoisotopic (exact) mass is 422 g/mol. The molecule has 0 spiro atoms. The molecule has 0 aliphatic heterocycles. The van der Waals surface area contributed by atoms with Crippen LogP contribution in [0.3, 0.4) is 0 Å². The number of benzene rings is 2. The Morgan fingerprint density at radius 3 is 1.43 bits per heavy atom. The third-order valence-corrected chi connectivity index (χ3v) is 4.36. The van der Waals surface area contributed by atoms with Crippen molar-refractivity contribution >= 4 is 11.8 Å². The van der Waals surface area contributed by atoms with Gasteiger partial charge in [-0.2, -0.15) is 13.2 Å². The number of carbonyl (C=O) groups excluding carboxylic acids is 2. The lowest BCUT2D eigenvalue weighted by Crippen LogP contribution is -2.33. The number of nitrogens with one attached hydrogen (secondary N) is 2. The van der Waals surface area contributed by atoms with E-state index >= 15 is 0 Å². The van der Waals surface area contributed by atoms with Gasteiger partial charge in [0.25, 0.3) is 11.8 Å². The molecule has 2 aromatic rings. The van der Waals surface area contributed by atoms with Gasteiger partial charge in [0, 0.05) is 18.2 Å². The fourth-order valence-corrected chi connectivity index (χ4v) is 2.47. The lowest BCUT2D eigenvalue weighted by Gasteiger charge is -2.09. The predicted molar refractivity (Wildman–Crippen MR) is 113 cm³/mol. The highest BCUT2D eigenvalue weighted by Crippen LogP contribution is 2.16. The summed E-state index contributed by atoms with van der Waals surface area (Å²) in [6.07, 6.45) is -4.38. The zero-order valence-electron chi connectivity index (χ0n) is 17.9. The third-order valence-electron chi connectivity index (χ3n) is 4.36. The minimum atomic E-state index is -4.38. The number of rotatable bonds is 5. The summed E-state index contributed by atoms with van der Waals surface area (Å²) < 4.78 is 35.7. The molecule has 2 N–H and O–H groups in total. The number of alkyl halides is 3. The Bertz CT molecular complexity index is 812. The molecule has 2 aromatic carbocycles. The van der Waals surface area contributed by atoms with E-state index in [1.807, 2.05) is 43.4 Å². The molecule has 0 aromatic heterocycles. The van der Waals surface area contributed by atoms with E-state index in [0.717, 1.165) is 5.56 Å². The first kappa shape index (κ1) is 25.2. The molecule has 0 atom stereocenters. The van der Waals surface area contributed by atoms with Gasteiger partial charge in [0.15, 0.2) is 0 Å². The Morgan fingerprint density at radius 1 is 0.767 bits per heavy atom. The van der Waals surface area contributed by atoms with Crippen LogP contribution in [-0.4, -0.2) is 31.6 Å². The topological polar surface area (TPSA) is 58.2 Å². The Kier molecular flexibility index (Phi) is 9.56. The quantitative estimate of drug-likeness (QED) is 0.690. The molecule has 0 heterocycles. The van der Waals surface area contributed by atoms with E-state index in [1.165, 1.54) is 17.7 Å². The van der Waals surface area contributed by atoms with Crippen molar-refractivity contribution in [3.8, 4) is 0 Å². The van der Waals surface area contributed by atoms with Crippen LogP contribution >= 0.6 is 0 Å². The van der Waals surface area contributed by atoms with Gasteiger partial charge >= 0.3 is 6.18 Å². The van der Waals surface area contributed by atoms with Crippen LogP contribution in [0, 0.1) is 0 Å². The Balaban J connectivity index is 0.000000311. The van der Waals surface area contributed by atoms with Crippen molar-refractivity contribution in [2.45, 2.75) is 45.7 Å². The van der Waals surface area contributed by atoms with Crippen molar-refractivity contribution in [3.63, 3.8) is 0 Å². The summed E-state index contributed by atoms with van der Waals surface area (Å²) in [6.45, 7) is 6.96. The van der Waals surface area contributed by atoms with Crippen LogP contribution in [0.5, 0.6) is 0 Å². The molecular formula is C23H29F3N2O2. The highest BCUT2D eigenvalue weighted by atomic mass is 19.4. The van der Waals surface area contributed by atoms with E-state index in [0.29, 0.717) is 17.4 Å². The van der Waals surface area contributed by atoms with Crippen LogP contribution in [0.2, 0.25) is 0 Å². The van der Waals surface area contributed by atoms with Crippen LogP contribution < -0.4 is 10.6 Å². The first-order valence-electron chi connectivity index (χ1n) is 9.71. The lowest BCUT2D eigenvalue weighted by atomic mass is 10.0. The molecule has 7 heteroatoms. The molecular weight excluding hydrogens is 393 g/mol. The highest BCUT2D eigenvalue weighted by Gasteiger charge is 2.27. The summed E-state index contributed by atoms with van der Waals surface area (Å²) in [5.74, 6) is 0.0916. The molecule has 0 saturated heterocycles. The van der Waals surface area contributed by atoms with Crippen molar-refractivity contribution in [1.29, 1.82) is 0 Å². The summed E-state index contributed by atoms with van der Waals surface area (Å²) in [5, 5.41) is 4.41. The van der Waals surface area contributed by atoms with Gasteiger partial charge in [-0.1, -0.05) is 52.0 Å². The Morgan fingerprint density at radius 2 is 1.13 bits per heavy atom. The summed E-state index contributed by atoms with van der Waals surface area (Å²) in [4.78, 5) is 22.5. The van der Waals surface area contributed by atoms with Crippen molar-refractivity contribution in [2.75, 3.05) is 13.6 Å². The van der Waals surface area contributed by atoms with Gasteiger partial charge in [0.1, 0.15) is 6.54 Å². The molecule has 4 nitrogen and oxygen atoms in total. The molecule has 2 rings (SSSR count). The van der Waals surface area contributed by atoms with Gasteiger partial charge in [-0.3, -0.25) is 9.59 Å². The summed E-state index contributed by atoms with van der Waals surface area (Å²) >= 11 is 0. The van der Waals surface area contributed by atoms with Crippen LogP contribution in [0.1, 0.15) is 71.4 Å². The van der Waals surface area contributed by atoms with Crippen molar-refractivity contribution in [2.24, 2.45) is 0 Å². The number of hydrogen-bond acceptors (Lipinski definition) is 2. The normalized spacial score (nSPS) is 11.0. The van der Waals surface area contributed by atoms with Crippen LogP contribution in [0.15, 0.2) is 48.5 Å². The largest absolute Gasteiger partial charge is 0.405 e. The Labute approximate surface area is 175 Å². The standard InChI is InChI=1S/C12H14F3NO.C11H15NO/c1-8(2)9-3-5-10(6-4-9)11(17)16-7-12(13,14)15;1-8(2)9-4-6-10(7-5-9)11(13)12-3/h3-6,8H,7H2,1-2H3,(H,16,17);4-8H,1-3H3,(H,12,13). The van der Waals surface area contributed by atoms with Crippen LogP contribution in [-0.2, 0) is 0 Å². The second-order valence-corrected chi connectivity index (χ2v) is 7.43.